The molecule has 0 bridgehead atoms. The Hall–Kier alpha value is -3.13. The molecule has 0 saturated carbocycles. The van der Waals surface area contributed by atoms with Crippen LogP contribution in [0.15, 0.2) is 36.7 Å². The average molecular weight is 370 g/mol. The number of ether oxygens (including phenoxy) is 2. The SMILES string of the molecule is CN(C)CCCNC(=O)c1cncc(C(=O)Nc2ccc3c(c2)OCO3)c1. The highest BCUT2D eigenvalue weighted by Crippen LogP contribution is 2.34. The van der Waals surface area contributed by atoms with Gasteiger partial charge in [-0.3, -0.25) is 14.6 Å². The van der Waals surface area contributed by atoms with Crippen LogP contribution in [0, 0.1) is 0 Å². The molecule has 1 aromatic carbocycles. The van der Waals surface area contributed by atoms with E-state index in [1.165, 1.54) is 18.5 Å². The Labute approximate surface area is 157 Å². The van der Waals surface area contributed by atoms with Crippen LogP contribution < -0.4 is 20.1 Å². The van der Waals surface area contributed by atoms with Gasteiger partial charge in [-0.15, -0.1) is 0 Å². The number of amides is 2. The summed E-state index contributed by atoms with van der Waals surface area (Å²) in [6, 6.07) is 6.67. The highest BCUT2D eigenvalue weighted by molar-refractivity contribution is 6.06. The number of pyridine rings is 1. The molecule has 2 heterocycles. The van der Waals surface area contributed by atoms with E-state index in [4.69, 9.17) is 9.47 Å². The topological polar surface area (TPSA) is 92.8 Å². The van der Waals surface area contributed by atoms with Crippen molar-refractivity contribution in [2.75, 3.05) is 39.3 Å². The number of anilines is 1. The van der Waals surface area contributed by atoms with Crippen LogP contribution in [0.1, 0.15) is 27.1 Å². The number of aromatic nitrogens is 1. The smallest absolute Gasteiger partial charge is 0.257 e. The summed E-state index contributed by atoms with van der Waals surface area (Å²) < 4.78 is 10.5. The van der Waals surface area contributed by atoms with Crippen molar-refractivity contribution in [1.82, 2.24) is 15.2 Å². The number of hydrogen-bond donors (Lipinski definition) is 2. The first-order valence-corrected chi connectivity index (χ1v) is 8.62. The third-order valence-corrected chi connectivity index (χ3v) is 3.96. The average Bonchev–Trinajstić information content (AvgIpc) is 3.13. The summed E-state index contributed by atoms with van der Waals surface area (Å²) in [6.07, 6.45) is 3.71. The summed E-state index contributed by atoms with van der Waals surface area (Å²) >= 11 is 0. The third-order valence-electron chi connectivity index (χ3n) is 3.96. The summed E-state index contributed by atoms with van der Waals surface area (Å²) in [5.41, 5.74) is 1.22. The first-order chi connectivity index (χ1) is 13.0. The molecule has 0 aliphatic carbocycles. The van der Waals surface area contributed by atoms with Crippen LogP contribution >= 0.6 is 0 Å². The summed E-state index contributed by atoms with van der Waals surface area (Å²) in [5, 5.41) is 5.60. The van der Waals surface area contributed by atoms with E-state index in [1.807, 2.05) is 14.1 Å². The van der Waals surface area contributed by atoms with Crippen molar-refractivity contribution in [3.05, 3.63) is 47.8 Å². The molecule has 27 heavy (non-hydrogen) atoms. The van der Waals surface area contributed by atoms with E-state index in [9.17, 15) is 9.59 Å². The maximum atomic E-state index is 12.5. The molecule has 8 nitrogen and oxygen atoms in total. The van der Waals surface area contributed by atoms with E-state index in [-0.39, 0.29) is 18.6 Å². The predicted molar refractivity (Wildman–Crippen MR) is 100 cm³/mol. The van der Waals surface area contributed by atoms with Crippen molar-refractivity contribution in [3.8, 4) is 11.5 Å². The summed E-state index contributed by atoms with van der Waals surface area (Å²) in [7, 11) is 3.96. The molecule has 0 unspecified atom stereocenters. The van der Waals surface area contributed by atoms with Gasteiger partial charge in [-0.2, -0.15) is 0 Å². The largest absolute Gasteiger partial charge is 0.454 e. The number of carbonyl (C=O) groups excluding carboxylic acids is 2. The molecule has 0 saturated heterocycles. The normalized spacial score (nSPS) is 12.1. The molecule has 8 heteroatoms. The van der Waals surface area contributed by atoms with Crippen molar-refractivity contribution in [2.45, 2.75) is 6.42 Å². The van der Waals surface area contributed by atoms with Crippen molar-refractivity contribution in [2.24, 2.45) is 0 Å². The minimum absolute atomic E-state index is 0.169. The molecule has 0 fully saturated rings. The van der Waals surface area contributed by atoms with Crippen LogP contribution in [-0.4, -0.2) is 55.7 Å². The van der Waals surface area contributed by atoms with Gasteiger partial charge in [-0.25, -0.2) is 0 Å². The van der Waals surface area contributed by atoms with Crippen LogP contribution in [0.25, 0.3) is 0 Å². The van der Waals surface area contributed by atoms with E-state index < -0.39 is 0 Å². The Morgan fingerprint density at radius 2 is 1.81 bits per heavy atom. The van der Waals surface area contributed by atoms with Gasteiger partial charge >= 0.3 is 0 Å². The van der Waals surface area contributed by atoms with Crippen molar-refractivity contribution >= 4 is 17.5 Å². The van der Waals surface area contributed by atoms with Crippen LogP contribution in [-0.2, 0) is 0 Å². The Kier molecular flexibility index (Phi) is 5.87. The molecule has 0 spiro atoms. The molecular formula is C19H22N4O4. The second-order valence-electron chi connectivity index (χ2n) is 6.40. The monoisotopic (exact) mass is 370 g/mol. The standard InChI is InChI=1S/C19H22N4O4/c1-23(2)7-3-6-21-18(24)13-8-14(11-20-10-13)19(25)22-15-4-5-16-17(9-15)27-12-26-16/h4-5,8-11H,3,6-7,12H2,1-2H3,(H,21,24)(H,22,25). The summed E-state index contributed by atoms with van der Waals surface area (Å²) in [4.78, 5) is 30.7. The number of fused-ring (bicyclic) bond motifs is 1. The molecule has 0 radical (unpaired) electrons. The van der Waals surface area contributed by atoms with Gasteiger partial charge in [0, 0.05) is 30.7 Å². The van der Waals surface area contributed by atoms with Gasteiger partial charge in [0.1, 0.15) is 0 Å². The maximum absolute atomic E-state index is 12.5. The van der Waals surface area contributed by atoms with Crippen LogP contribution in [0.4, 0.5) is 5.69 Å². The summed E-state index contributed by atoms with van der Waals surface area (Å²) in [6.45, 7) is 1.61. The van der Waals surface area contributed by atoms with Gasteiger partial charge < -0.3 is 25.0 Å². The number of rotatable bonds is 7. The van der Waals surface area contributed by atoms with E-state index in [0.717, 1.165) is 13.0 Å². The van der Waals surface area contributed by atoms with Gasteiger partial charge in [0.25, 0.3) is 11.8 Å². The lowest BCUT2D eigenvalue weighted by atomic mass is 10.1. The van der Waals surface area contributed by atoms with E-state index >= 15 is 0 Å². The molecule has 2 N–H and O–H groups in total. The predicted octanol–water partition coefficient (Wildman–Crippen LogP) is 1.74. The lowest BCUT2D eigenvalue weighted by molar-refractivity contribution is 0.0952. The fourth-order valence-corrected chi connectivity index (χ4v) is 2.57. The van der Waals surface area contributed by atoms with Crippen LogP contribution in [0.3, 0.4) is 0 Å². The zero-order valence-electron chi connectivity index (χ0n) is 15.3. The van der Waals surface area contributed by atoms with Crippen LogP contribution in [0.2, 0.25) is 0 Å². The Balaban J connectivity index is 1.60. The molecule has 3 rings (SSSR count). The molecule has 1 aromatic heterocycles. The molecular weight excluding hydrogens is 348 g/mol. The van der Waals surface area contributed by atoms with Crippen molar-refractivity contribution in [1.29, 1.82) is 0 Å². The highest BCUT2D eigenvalue weighted by Gasteiger charge is 2.15. The number of carbonyl (C=O) groups is 2. The molecule has 1 aliphatic heterocycles. The van der Waals surface area contributed by atoms with E-state index in [0.29, 0.717) is 34.9 Å². The van der Waals surface area contributed by atoms with Gasteiger partial charge in [-0.1, -0.05) is 0 Å². The zero-order chi connectivity index (χ0) is 19.2. The minimum atomic E-state index is -0.358. The first kappa shape index (κ1) is 18.7. The minimum Gasteiger partial charge on any atom is -0.454 e. The number of nitrogens with zero attached hydrogens (tertiary/aromatic N) is 2. The second kappa shape index (κ2) is 8.50. The fraction of sp³-hybridized carbons (Fsp3) is 0.316. The molecule has 1 aliphatic rings. The highest BCUT2D eigenvalue weighted by atomic mass is 16.7. The van der Waals surface area contributed by atoms with Crippen LogP contribution in [0.5, 0.6) is 11.5 Å². The second-order valence-corrected chi connectivity index (χ2v) is 6.40. The van der Waals surface area contributed by atoms with Crippen molar-refractivity contribution < 1.29 is 19.1 Å². The Bertz CT molecular complexity index is 838. The van der Waals surface area contributed by atoms with Gasteiger partial charge in [0.05, 0.1) is 11.1 Å². The van der Waals surface area contributed by atoms with Gasteiger partial charge in [0.15, 0.2) is 11.5 Å². The van der Waals surface area contributed by atoms with Gasteiger partial charge in [-0.05, 0) is 45.3 Å². The Morgan fingerprint density at radius 1 is 1.07 bits per heavy atom. The molecule has 2 amide bonds. The molecule has 0 atom stereocenters. The lowest BCUT2D eigenvalue weighted by Gasteiger charge is -2.10. The maximum Gasteiger partial charge on any atom is 0.257 e. The number of benzene rings is 1. The fourth-order valence-electron chi connectivity index (χ4n) is 2.57. The molecule has 2 aromatic rings. The van der Waals surface area contributed by atoms with Gasteiger partial charge in [0.2, 0.25) is 6.79 Å². The first-order valence-electron chi connectivity index (χ1n) is 8.62. The van der Waals surface area contributed by atoms with Crippen molar-refractivity contribution in [3.63, 3.8) is 0 Å². The quantitative estimate of drug-likeness (QED) is 0.722. The lowest BCUT2D eigenvalue weighted by Crippen LogP contribution is -2.27. The zero-order valence-corrected chi connectivity index (χ0v) is 15.3. The third kappa shape index (κ3) is 4.95. The summed E-state index contributed by atoms with van der Waals surface area (Å²) in [5.74, 6) is 0.613. The molecule has 142 valence electrons. The van der Waals surface area contributed by atoms with E-state index in [2.05, 4.69) is 20.5 Å². The van der Waals surface area contributed by atoms with E-state index in [1.54, 1.807) is 18.2 Å². The number of hydrogen-bond acceptors (Lipinski definition) is 6. The number of nitrogens with one attached hydrogen (secondary N) is 2. The Morgan fingerprint density at radius 3 is 2.59 bits per heavy atom.